The maximum atomic E-state index is 12.3. The number of benzene rings is 2. The van der Waals surface area contributed by atoms with Gasteiger partial charge in [-0.2, -0.15) is 5.48 Å². The predicted octanol–water partition coefficient (Wildman–Crippen LogP) is 1.09. The van der Waals surface area contributed by atoms with E-state index in [0.29, 0.717) is 5.56 Å². The number of phenolic OH excluding ortho intramolecular Hbond substituents is 1. The average Bonchev–Trinajstić information content (AvgIpc) is 2.61. The minimum absolute atomic E-state index is 0.0604. The standard InChI is InChI=1S/C18H20N2O5/c21-14-8-6-13(7-9-14)11-16(18(23)24)19-17(22)15(20-25)10-12-4-2-1-3-5-12/h1-9,15-16,20-21,25H,10-11H2,(H,19,22)(H,23,24)/t15-,16-/m0/s1. The molecule has 2 atom stereocenters. The van der Waals surface area contributed by atoms with Crippen molar-refractivity contribution in [2.45, 2.75) is 24.9 Å². The molecule has 0 aliphatic carbocycles. The highest BCUT2D eigenvalue weighted by molar-refractivity contribution is 5.87. The van der Waals surface area contributed by atoms with Gasteiger partial charge >= 0.3 is 5.97 Å². The topological polar surface area (TPSA) is 119 Å². The van der Waals surface area contributed by atoms with E-state index in [4.69, 9.17) is 0 Å². The summed E-state index contributed by atoms with van der Waals surface area (Å²) in [4.78, 5) is 23.7. The van der Waals surface area contributed by atoms with Crippen LogP contribution in [0.4, 0.5) is 0 Å². The minimum atomic E-state index is -1.18. The first-order valence-electron chi connectivity index (χ1n) is 7.74. The summed E-state index contributed by atoms with van der Waals surface area (Å²) in [7, 11) is 0. The lowest BCUT2D eigenvalue weighted by Gasteiger charge is -2.19. The second-order valence-electron chi connectivity index (χ2n) is 5.64. The summed E-state index contributed by atoms with van der Waals surface area (Å²) in [6.07, 6.45) is 0.277. The highest BCUT2D eigenvalue weighted by Gasteiger charge is 2.25. The van der Waals surface area contributed by atoms with Gasteiger partial charge in [0.2, 0.25) is 5.91 Å². The molecule has 5 N–H and O–H groups in total. The third kappa shape index (κ3) is 5.59. The summed E-state index contributed by atoms with van der Waals surface area (Å²) in [5, 5.41) is 30.3. The van der Waals surface area contributed by atoms with E-state index in [2.05, 4.69) is 5.32 Å². The molecule has 0 saturated heterocycles. The lowest BCUT2D eigenvalue weighted by molar-refractivity contribution is -0.142. The second kappa shape index (κ2) is 8.81. The number of phenols is 1. The Balaban J connectivity index is 2.02. The number of hydrogen-bond acceptors (Lipinski definition) is 5. The van der Waals surface area contributed by atoms with Crippen LogP contribution in [0.1, 0.15) is 11.1 Å². The van der Waals surface area contributed by atoms with Crippen molar-refractivity contribution in [2.24, 2.45) is 0 Å². The molecule has 1 amide bonds. The van der Waals surface area contributed by atoms with Gasteiger partial charge in [0.25, 0.3) is 0 Å². The highest BCUT2D eigenvalue weighted by atomic mass is 16.5. The molecule has 25 heavy (non-hydrogen) atoms. The molecule has 7 nitrogen and oxygen atoms in total. The van der Waals surface area contributed by atoms with Crippen LogP contribution in [0.25, 0.3) is 0 Å². The molecule has 132 valence electrons. The molecule has 2 aromatic rings. The molecule has 0 aromatic heterocycles. The van der Waals surface area contributed by atoms with Crippen molar-refractivity contribution in [2.75, 3.05) is 0 Å². The van der Waals surface area contributed by atoms with Crippen molar-refractivity contribution < 1.29 is 25.0 Å². The zero-order valence-corrected chi connectivity index (χ0v) is 13.4. The van der Waals surface area contributed by atoms with Crippen LogP contribution in [0, 0.1) is 0 Å². The van der Waals surface area contributed by atoms with Crippen molar-refractivity contribution in [1.29, 1.82) is 0 Å². The van der Waals surface area contributed by atoms with E-state index in [1.54, 1.807) is 12.1 Å². The predicted molar refractivity (Wildman–Crippen MR) is 90.2 cm³/mol. The Hall–Kier alpha value is -2.90. The summed E-state index contributed by atoms with van der Waals surface area (Å²) >= 11 is 0. The van der Waals surface area contributed by atoms with Crippen LogP contribution in [-0.2, 0) is 22.4 Å². The van der Waals surface area contributed by atoms with Crippen LogP contribution in [0.5, 0.6) is 5.75 Å². The molecule has 7 heteroatoms. The number of hydroxylamine groups is 1. The van der Waals surface area contributed by atoms with E-state index in [1.165, 1.54) is 12.1 Å². The Labute approximate surface area is 144 Å². The minimum Gasteiger partial charge on any atom is -0.508 e. The van der Waals surface area contributed by atoms with Gasteiger partial charge in [0.1, 0.15) is 17.8 Å². The Morgan fingerprint density at radius 3 is 2.00 bits per heavy atom. The lowest BCUT2D eigenvalue weighted by Crippen LogP contribution is -2.51. The van der Waals surface area contributed by atoms with E-state index >= 15 is 0 Å². The summed E-state index contributed by atoms with van der Waals surface area (Å²) < 4.78 is 0. The molecule has 0 bridgehead atoms. The van der Waals surface area contributed by atoms with E-state index in [0.717, 1.165) is 5.56 Å². The van der Waals surface area contributed by atoms with Gasteiger partial charge in [0, 0.05) is 6.42 Å². The van der Waals surface area contributed by atoms with Crippen molar-refractivity contribution in [3.63, 3.8) is 0 Å². The molecule has 0 fully saturated rings. The molecule has 0 aliphatic rings. The van der Waals surface area contributed by atoms with E-state index in [1.807, 2.05) is 35.8 Å². The summed E-state index contributed by atoms with van der Waals surface area (Å²) in [6.45, 7) is 0. The number of carbonyl (C=O) groups excluding carboxylic acids is 1. The first-order valence-corrected chi connectivity index (χ1v) is 7.74. The highest BCUT2D eigenvalue weighted by Crippen LogP contribution is 2.12. The maximum Gasteiger partial charge on any atom is 0.326 e. The second-order valence-corrected chi connectivity index (χ2v) is 5.64. The van der Waals surface area contributed by atoms with Gasteiger partial charge in [-0.1, -0.05) is 42.5 Å². The van der Waals surface area contributed by atoms with Crippen LogP contribution in [0.3, 0.4) is 0 Å². The van der Waals surface area contributed by atoms with Gasteiger partial charge in [-0.15, -0.1) is 0 Å². The largest absolute Gasteiger partial charge is 0.508 e. The van der Waals surface area contributed by atoms with Crippen LogP contribution in [0.15, 0.2) is 54.6 Å². The fourth-order valence-electron chi connectivity index (χ4n) is 2.39. The molecule has 0 saturated carbocycles. The number of aromatic hydroxyl groups is 1. The van der Waals surface area contributed by atoms with Gasteiger partial charge in [-0.3, -0.25) is 4.79 Å². The first-order chi connectivity index (χ1) is 12.0. The Bertz CT molecular complexity index is 703. The molecule has 0 unspecified atom stereocenters. The molecule has 2 aromatic carbocycles. The fourth-order valence-corrected chi connectivity index (χ4v) is 2.39. The third-order valence-corrected chi connectivity index (χ3v) is 3.75. The van der Waals surface area contributed by atoms with Gasteiger partial charge in [-0.05, 0) is 29.7 Å². The molecular weight excluding hydrogens is 324 g/mol. The number of rotatable bonds is 8. The number of nitrogens with one attached hydrogen (secondary N) is 2. The van der Waals surface area contributed by atoms with Gasteiger partial charge < -0.3 is 20.7 Å². The molecule has 0 aliphatic heterocycles. The van der Waals surface area contributed by atoms with Crippen LogP contribution < -0.4 is 10.8 Å². The van der Waals surface area contributed by atoms with Gasteiger partial charge in [0.15, 0.2) is 0 Å². The first kappa shape index (κ1) is 18.4. The summed E-state index contributed by atoms with van der Waals surface area (Å²) in [5.74, 6) is -1.72. The third-order valence-electron chi connectivity index (χ3n) is 3.75. The van der Waals surface area contributed by atoms with Crippen molar-refractivity contribution in [1.82, 2.24) is 10.8 Å². The molecule has 0 spiro atoms. The van der Waals surface area contributed by atoms with Crippen molar-refractivity contribution in [3.05, 3.63) is 65.7 Å². The molecule has 2 rings (SSSR count). The van der Waals surface area contributed by atoms with E-state index in [-0.39, 0.29) is 18.6 Å². The molecule has 0 radical (unpaired) electrons. The number of carboxylic acid groups (broad SMARTS) is 1. The van der Waals surface area contributed by atoms with Crippen LogP contribution in [0.2, 0.25) is 0 Å². The molecular formula is C18H20N2O5. The smallest absolute Gasteiger partial charge is 0.326 e. The Morgan fingerprint density at radius 1 is 0.880 bits per heavy atom. The zero-order chi connectivity index (χ0) is 18.2. The van der Waals surface area contributed by atoms with Crippen molar-refractivity contribution in [3.8, 4) is 5.75 Å². The Kier molecular flexibility index (Phi) is 6.50. The number of aliphatic carboxylic acids is 1. The van der Waals surface area contributed by atoms with Gasteiger partial charge in [0.05, 0.1) is 0 Å². The Morgan fingerprint density at radius 2 is 1.44 bits per heavy atom. The normalized spacial score (nSPS) is 13.0. The zero-order valence-electron chi connectivity index (χ0n) is 13.4. The lowest BCUT2D eigenvalue weighted by atomic mass is 10.0. The van der Waals surface area contributed by atoms with Crippen molar-refractivity contribution >= 4 is 11.9 Å². The molecule has 0 heterocycles. The number of hydrogen-bond donors (Lipinski definition) is 5. The summed E-state index contributed by atoms with van der Waals surface area (Å²) in [5.41, 5.74) is 3.41. The van der Waals surface area contributed by atoms with Crippen LogP contribution in [-0.4, -0.2) is 39.4 Å². The monoisotopic (exact) mass is 344 g/mol. The quantitative estimate of drug-likeness (QED) is 0.458. The van der Waals surface area contributed by atoms with E-state index in [9.17, 15) is 25.0 Å². The van der Waals surface area contributed by atoms with Gasteiger partial charge in [-0.25, -0.2) is 4.79 Å². The van der Waals surface area contributed by atoms with Crippen LogP contribution >= 0.6 is 0 Å². The average molecular weight is 344 g/mol. The summed E-state index contributed by atoms with van der Waals surface area (Å²) in [6, 6.07) is 13.0. The van der Waals surface area contributed by atoms with E-state index < -0.39 is 24.0 Å². The number of carboxylic acids is 1. The fraction of sp³-hybridized carbons (Fsp3) is 0.222. The number of carbonyl (C=O) groups is 2. The number of amides is 1. The maximum absolute atomic E-state index is 12.3. The SMILES string of the molecule is O=C(O)[C@H](Cc1ccc(O)cc1)NC(=O)[C@H](Cc1ccccc1)NO.